The van der Waals surface area contributed by atoms with E-state index >= 15 is 0 Å². The summed E-state index contributed by atoms with van der Waals surface area (Å²) < 4.78 is 0. The van der Waals surface area contributed by atoms with Gasteiger partial charge in [0.15, 0.2) is 0 Å². The zero-order chi connectivity index (χ0) is 15.4. The highest BCUT2D eigenvalue weighted by Gasteiger charge is 2.29. The van der Waals surface area contributed by atoms with Crippen molar-refractivity contribution in [1.82, 2.24) is 15.3 Å². The Kier molecular flexibility index (Phi) is 4.51. The van der Waals surface area contributed by atoms with Crippen molar-refractivity contribution in [3.8, 4) is 0 Å². The van der Waals surface area contributed by atoms with Gasteiger partial charge in [-0.05, 0) is 13.3 Å². The van der Waals surface area contributed by atoms with Gasteiger partial charge < -0.3 is 15.5 Å². The number of carbonyl (C=O) groups excluding carboxylic acids is 1. The molecule has 0 aliphatic carbocycles. The molecule has 114 valence electrons. The first-order valence-electron chi connectivity index (χ1n) is 6.81. The highest BCUT2D eigenvalue weighted by atomic mass is 16.6. The van der Waals surface area contributed by atoms with Crippen LogP contribution in [0.4, 0.5) is 17.5 Å². The quantitative estimate of drug-likeness (QED) is 0.598. The number of anilines is 2. The molecule has 1 aromatic rings. The molecule has 0 radical (unpaired) electrons. The summed E-state index contributed by atoms with van der Waals surface area (Å²) in [6, 6.07) is 0. The number of aryl methyl sites for hydroxylation is 1. The summed E-state index contributed by atoms with van der Waals surface area (Å²) in [5.74, 6) is 0.372. The van der Waals surface area contributed by atoms with Crippen LogP contribution in [-0.4, -0.2) is 47.0 Å². The second kappa shape index (κ2) is 6.33. The molecule has 2 rings (SSSR count). The number of rotatable bonds is 5. The van der Waals surface area contributed by atoms with E-state index in [1.807, 2.05) is 6.92 Å². The van der Waals surface area contributed by atoms with Crippen LogP contribution in [0.15, 0.2) is 0 Å². The molecular weight excluding hydrogens is 276 g/mol. The average Bonchev–Trinajstić information content (AvgIpc) is 2.44. The van der Waals surface area contributed by atoms with Crippen LogP contribution in [0.1, 0.15) is 19.0 Å². The summed E-state index contributed by atoms with van der Waals surface area (Å²) >= 11 is 0. The predicted molar refractivity (Wildman–Crippen MR) is 77.4 cm³/mol. The third-order valence-corrected chi connectivity index (χ3v) is 3.09. The number of nitrogens with zero attached hydrogens (tertiary/aromatic N) is 4. The summed E-state index contributed by atoms with van der Waals surface area (Å²) in [5.41, 5.74) is 0.140. The van der Waals surface area contributed by atoms with Crippen LogP contribution in [0.3, 0.4) is 0 Å². The van der Waals surface area contributed by atoms with E-state index in [0.717, 1.165) is 6.42 Å². The molecule has 21 heavy (non-hydrogen) atoms. The first-order valence-corrected chi connectivity index (χ1v) is 6.81. The van der Waals surface area contributed by atoms with Crippen LogP contribution in [0.2, 0.25) is 0 Å². The first kappa shape index (κ1) is 14.9. The van der Waals surface area contributed by atoms with Gasteiger partial charge in [0.1, 0.15) is 5.69 Å². The maximum atomic E-state index is 11.5. The minimum absolute atomic E-state index is 0.0600. The standard InChI is InChI=1S/C12H18N6O3/c1-3-4-14-12-15-8(2)10(18(20)21)11(16-12)17-6-5-13-9(19)7-17/h3-7H2,1-2H3,(H,13,19)(H,14,15,16). The number of aromatic nitrogens is 2. The van der Waals surface area contributed by atoms with Crippen molar-refractivity contribution in [2.24, 2.45) is 0 Å². The molecule has 1 aliphatic rings. The molecule has 1 amide bonds. The molecule has 0 saturated carbocycles. The summed E-state index contributed by atoms with van der Waals surface area (Å²) in [6.45, 7) is 5.24. The fraction of sp³-hybridized carbons (Fsp3) is 0.583. The summed E-state index contributed by atoms with van der Waals surface area (Å²) in [4.78, 5) is 32.2. The monoisotopic (exact) mass is 294 g/mol. The molecule has 2 N–H and O–H groups in total. The van der Waals surface area contributed by atoms with Crippen LogP contribution in [0.25, 0.3) is 0 Å². The van der Waals surface area contributed by atoms with E-state index in [1.165, 1.54) is 0 Å². The summed E-state index contributed by atoms with van der Waals surface area (Å²) in [7, 11) is 0. The number of hydrogen-bond acceptors (Lipinski definition) is 7. The Morgan fingerprint density at radius 2 is 2.24 bits per heavy atom. The van der Waals surface area contributed by atoms with Gasteiger partial charge in [0.05, 0.1) is 11.5 Å². The van der Waals surface area contributed by atoms with Gasteiger partial charge in [0.25, 0.3) is 0 Å². The summed E-state index contributed by atoms with van der Waals surface area (Å²) in [6.07, 6.45) is 0.890. The summed E-state index contributed by atoms with van der Waals surface area (Å²) in [5, 5.41) is 17.0. The highest BCUT2D eigenvalue weighted by Crippen LogP contribution is 2.30. The van der Waals surface area contributed by atoms with Crippen LogP contribution >= 0.6 is 0 Å². The normalized spacial score (nSPS) is 14.8. The van der Waals surface area contributed by atoms with E-state index in [-0.39, 0.29) is 29.7 Å². The second-order valence-electron chi connectivity index (χ2n) is 4.76. The molecule has 0 aromatic carbocycles. The number of carbonyl (C=O) groups is 1. The lowest BCUT2D eigenvalue weighted by Crippen LogP contribution is -2.48. The lowest BCUT2D eigenvalue weighted by Gasteiger charge is -2.27. The van der Waals surface area contributed by atoms with Gasteiger partial charge in [0.2, 0.25) is 17.7 Å². The van der Waals surface area contributed by atoms with Gasteiger partial charge in [-0.1, -0.05) is 6.92 Å². The van der Waals surface area contributed by atoms with E-state index in [0.29, 0.717) is 25.6 Å². The van der Waals surface area contributed by atoms with Crippen molar-refractivity contribution in [2.75, 3.05) is 36.4 Å². The zero-order valence-corrected chi connectivity index (χ0v) is 12.0. The highest BCUT2D eigenvalue weighted by molar-refractivity contribution is 5.83. The van der Waals surface area contributed by atoms with Crippen molar-refractivity contribution < 1.29 is 9.72 Å². The SMILES string of the molecule is CCCNc1nc(C)c([N+](=O)[O-])c(N2CCNC(=O)C2)n1. The average molecular weight is 294 g/mol. The Labute approximate surface area is 121 Å². The number of piperazine rings is 1. The number of nitro groups is 1. The molecular formula is C12H18N6O3. The molecule has 0 spiro atoms. The Bertz CT molecular complexity index is 562. The molecule has 9 nitrogen and oxygen atoms in total. The van der Waals surface area contributed by atoms with Crippen LogP contribution in [0.5, 0.6) is 0 Å². The second-order valence-corrected chi connectivity index (χ2v) is 4.76. The Hall–Kier alpha value is -2.45. The van der Waals surface area contributed by atoms with E-state index in [9.17, 15) is 14.9 Å². The van der Waals surface area contributed by atoms with Crippen molar-refractivity contribution >= 4 is 23.4 Å². The van der Waals surface area contributed by atoms with Crippen LogP contribution < -0.4 is 15.5 Å². The van der Waals surface area contributed by atoms with Gasteiger partial charge >= 0.3 is 5.69 Å². The molecule has 0 unspecified atom stereocenters. The molecule has 1 aliphatic heterocycles. The topological polar surface area (TPSA) is 113 Å². The molecule has 9 heteroatoms. The predicted octanol–water partition coefficient (Wildman–Crippen LogP) is 0.451. The first-order chi connectivity index (χ1) is 10.0. The van der Waals surface area contributed by atoms with Crippen molar-refractivity contribution in [3.63, 3.8) is 0 Å². The number of nitrogens with one attached hydrogen (secondary N) is 2. The maximum Gasteiger partial charge on any atom is 0.332 e. The maximum absolute atomic E-state index is 11.5. The molecule has 1 fully saturated rings. The molecule has 0 atom stereocenters. The van der Waals surface area contributed by atoms with Gasteiger partial charge in [-0.25, -0.2) is 4.98 Å². The van der Waals surface area contributed by atoms with Crippen LogP contribution in [-0.2, 0) is 4.79 Å². The van der Waals surface area contributed by atoms with Gasteiger partial charge in [-0.15, -0.1) is 0 Å². The van der Waals surface area contributed by atoms with Gasteiger partial charge in [-0.3, -0.25) is 14.9 Å². The van der Waals surface area contributed by atoms with Crippen LogP contribution in [0, 0.1) is 17.0 Å². The van der Waals surface area contributed by atoms with E-state index < -0.39 is 4.92 Å². The van der Waals surface area contributed by atoms with Crippen molar-refractivity contribution in [2.45, 2.75) is 20.3 Å². The number of hydrogen-bond donors (Lipinski definition) is 2. The minimum Gasteiger partial charge on any atom is -0.354 e. The molecule has 2 heterocycles. The lowest BCUT2D eigenvalue weighted by atomic mass is 10.3. The third kappa shape index (κ3) is 3.36. The smallest absolute Gasteiger partial charge is 0.332 e. The van der Waals surface area contributed by atoms with Gasteiger partial charge in [0, 0.05) is 19.6 Å². The molecule has 1 saturated heterocycles. The van der Waals surface area contributed by atoms with E-state index in [1.54, 1.807) is 11.8 Å². The van der Waals surface area contributed by atoms with Gasteiger partial charge in [-0.2, -0.15) is 4.98 Å². The number of amides is 1. The van der Waals surface area contributed by atoms with E-state index in [4.69, 9.17) is 0 Å². The van der Waals surface area contributed by atoms with Crippen molar-refractivity contribution in [1.29, 1.82) is 0 Å². The molecule has 0 bridgehead atoms. The van der Waals surface area contributed by atoms with Crippen molar-refractivity contribution in [3.05, 3.63) is 15.8 Å². The fourth-order valence-corrected chi connectivity index (χ4v) is 2.12. The van der Waals surface area contributed by atoms with E-state index in [2.05, 4.69) is 20.6 Å². The minimum atomic E-state index is -0.499. The Morgan fingerprint density at radius 3 is 2.86 bits per heavy atom. The Morgan fingerprint density at radius 1 is 1.48 bits per heavy atom. The fourth-order valence-electron chi connectivity index (χ4n) is 2.12. The third-order valence-electron chi connectivity index (χ3n) is 3.09. The zero-order valence-electron chi connectivity index (χ0n) is 12.0. The largest absolute Gasteiger partial charge is 0.354 e. The molecule has 1 aromatic heterocycles. The lowest BCUT2D eigenvalue weighted by molar-refractivity contribution is -0.385. The Balaban J connectivity index is 2.41.